The van der Waals surface area contributed by atoms with Crippen molar-refractivity contribution in [1.82, 2.24) is 0 Å². The highest BCUT2D eigenvalue weighted by Crippen LogP contribution is 2.39. The van der Waals surface area contributed by atoms with Crippen LogP contribution in [-0.4, -0.2) is 25.9 Å². The Balaban J connectivity index is 2.44. The second-order valence-corrected chi connectivity index (χ2v) is 3.82. The largest absolute Gasteiger partial charge is 0.493 e. The quantitative estimate of drug-likeness (QED) is 0.822. The number of methoxy groups -OCH3 is 2. The molecule has 0 heterocycles. The zero-order chi connectivity index (χ0) is 10.8. The SMILES string of the molecule is COc1cc2c(cc1OC)C(CO)CC2. The Morgan fingerprint density at radius 3 is 2.53 bits per heavy atom. The van der Waals surface area contributed by atoms with Crippen molar-refractivity contribution < 1.29 is 14.6 Å². The van der Waals surface area contributed by atoms with Crippen LogP contribution in [0.1, 0.15) is 23.5 Å². The van der Waals surface area contributed by atoms with Crippen LogP contribution < -0.4 is 9.47 Å². The average Bonchev–Trinajstić information content (AvgIpc) is 2.68. The van der Waals surface area contributed by atoms with Crippen LogP contribution in [0.3, 0.4) is 0 Å². The minimum Gasteiger partial charge on any atom is -0.493 e. The molecule has 3 heteroatoms. The Labute approximate surface area is 89.6 Å². The predicted octanol–water partition coefficient (Wildman–Crippen LogP) is 1.73. The molecule has 1 aliphatic rings. The number of benzene rings is 1. The smallest absolute Gasteiger partial charge is 0.161 e. The number of hydrogen-bond donors (Lipinski definition) is 1. The number of rotatable bonds is 3. The van der Waals surface area contributed by atoms with Gasteiger partial charge in [0.2, 0.25) is 0 Å². The van der Waals surface area contributed by atoms with E-state index in [0.29, 0.717) is 0 Å². The van der Waals surface area contributed by atoms with Gasteiger partial charge < -0.3 is 14.6 Å². The van der Waals surface area contributed by atoms with Crippen LogP contribution in [0.15, 0.2) is 12.1 Å². The first-order valence-corrected chi connectivity index (χ1v) is 5.15. The Hall–Kier alpha value is -1.22. The summed E-state index contributed by atoms with van der Waals surface area (Å²) in [5.41, 5.74) is 2.47. The molecular formula is C12H16O3. The molecule has 1 unspecified atom stereocenters. The van der Waals surface area contributed by atoms with E-state index in [1.807, 2.05) is 12.1 Å². The Bertz CT molecular complexity index is 360. The normalized spacial score (nSPS) is 18.7. The van der Waals surface area contributed by atoms with Crippen LogP contribution in [0.4, 0.5) is 0 Å². The highest BCUT2D eigenvalue weighted by Gasteiger charge is 2.24. The number of ether oxygens (including phenoxy) is 2. The lowest BCUT2D eigenvalue weighted by molar-refractivity contribution is 0.264. The van der Waals surface area contributed by atoms with Gasteiger partial charge in [0, 0.05) is 12.5 Å². The summed E-state index contributed by atoms with van der Waals surface area (Å²) in [6, 6.07) is 4.01. The van der Waals surface area contributed by atoms with Crippen molar-refractivity contribution in [3.05, 3.63) is 23.3 Å². The third-order valence-electron chi connectivity index (χ3n) is 3.07. The van der Waals surface area contributed by atoms with Gasteiger partial charge in [-0.15, -0.1) is 0 Å². The number of aryl methyl sites for hydroxylation is 1. The van der Waals surface area contributed by atoms with Crippen LogP contribution in [0.5, 0.6) is 11.5 Å². The summed E-state index contributed by atoms with van der Waals surface area (Å²) in [4.78, 5) is 0. The molecule has 2 rings (SSSR count). The van der Waals surface area contributed by atoms with E-state index >= 15 is 0 Å². The summed E-state index contributed by atoms with van der Waals surface area (Å²) < 4.78 is 10.5. The second-order valence-electron chi connectivity index (χ2n) is 3.82. The first-order valence-electron chi connectivity index (χ1n) is 5.15. The van der Waals surface area contributed by atoms with Gasteiger partial charge >= 0.3 is 0 Å². The highest BCUT2D eigenvalue weighted by atomic mass is 16.5. The van der Waals surface area contributed by atoms with Crippen LogP contribution in [0.25, 0.3) is 0 Å². The topological polar surface area (TPSA) is 38.7 Å². The Morgan fingerprint density at radius 2 is 1.93 bits per heavy atom. The lowest BCUT2D eigenvalue weighted by atomic mass is 10.0. The maximum absolute atomic E-state index is 9.23. The van der Waals surface area contributed by atoms with E-state index in [-0.39, 0.29) is 12.5 Å². The maximum Gasteiger partial charge on any atom is 0.161 e. The molecule has 3 nitrogen and oxygen atoms in total. The third-order valence-corrected chi connectivity index (χ3v) is 3.07. The molecule has 0 aromatic heterocycles. The Morgan fingerprint density at radius 1 is 1.27 bits per heavy atom. The van der Waals surface area contributed by atoms with Crippen LogP contribution in [-0.2, 0) is 6.42 Å². The summed E-state index contributed by atoms with van der Waals surface area (Å²) >= 11 is 0. The third kappa shape index (κ3) is 1.67. The van der Waals surface area contributed by atoms with Gasteiger partial charge in [0.05, 0.1) is 14.2 Å². The molecule has 1 aromatic rings. The minimum absolute atomic E-state index is 0.211. The van der Waals surface area contributed by atoms with Gasteiger partial charge in [0.1, 0.15) is 0 Å². The molecule has 1 aliphatic carbocycles. The van der Waals surface area contributed by atoms with Crippen molar-refractivity contribution >= 4 is 0 Å². The van der Waals surface area contributed by atoms with Gasteiger partial charge in [-0.2, -0.15) is 0 Å². The fraction of sp³-hybridized carbons (Fsp3) is 0.500. The molecule has 1 aromatic carbocycles. The predicted molar refractivity (Wildman–Crippen MR) is 57.7 cm³/mol. The van der Waals surface area contributed by atoms with Gasteiger partial charge in [0.15, 0.2) is 11.5 Å². The van der Waals surface area contributed by atoms with Crippen molar-refractivity contribution in [3.8, 4) is 11.5 Å². The van der Waals surface area contributed by atoms with Gasteiger partial charge in [-0.1, -0.05) is 0 Å². The first-order chi connectivity index (χ1) is 7.30. The summed E-state index contributed by atoms with van der Waals surface area (Å²) in [7, 11) is 3.27. The molecule has 0 saturated carbocycles. The van der Waals surface area contributed by atoms with E-state index in [1.54, 1.807) is 14.2 Å². The van der Waals surface area contributed by atoms with E-state index in [1.165, 1.54) is 11.1 Å². The molecule has 82 valence electrons. The van der Waals surface area contributed by atoms with Crippen molar-refractivity contribution in [2.24, 2.45) is 0 Å². The van der Waals surface area contributed by atoms with E-state index in [0.717, 1.165) is 24.3 Å². The van der Waals surface area contributed by atoms with Gasteiger partial charge in [-0.25, -0.2) is 0 Å². The van der Waals surface area contributed by atoms with E-state index < -0.39 is 0 Å². The summed E-state index contributed by atoms with van der Waals surface area (Å²) in [6.07, 6.45) is 2.03. The van der Waals surface area contributed by atoms with Gasteiger partial charge in [0.25, 0.3) is 0 Å². The minimum atomic E-state index is 0.211. The van der Waals surface area contributed by atoms with Crippen molar-refractivity contribution in [2.45, 2.75) is 18.8 Å². The number of aliphatic hydroxyl groups excluding tert-OH is 1. The van der Waals surface area contributed by atoms with Crippen molar-refractivity contribution in [3.63, 3.8) is 0 Å². The van der Waals surface area contributed by atoms with E-state index in [2.05, 4.69) is 0 Å². The summed E-state index contributed by atoms with van der Waals surface area (Å²) in [5.74, 6) is 1.78. The number of aliphatic hydroxyl groups is 1. The molecule has 0 amide bonds. The molecule has 0 fully saturated rings. The molecule has 0 aliphatic heterocycles. The number of fused-ring (bicyclic) bond motifs is 1. The summed E-state index contributed by atoms with van der Waals surface area (Å²) in [5, 5.41) is 9.23. The lowest BCUT2D eigenvalue weighted by Gasteiger charge is -2.12. The second kappa shape index (κ2) is 4.11. The van der Waals surface area contributed by atoms with Crippen LogP contribution >= 0.6 is 0 Å². The monoisotopic (exact) mass is 208 g/mol. The molecule has 0 saturated heterocycles. The van der Waals surface area contributed by atoms with E-state index in [9.17, 15) is 5.11 Å². The highest BCUT2D eigenvalue weighted by molar-refractivity contribution is 5.50. The molecule has 1 atom stereocenters. The van der Waals surface area contributed by atoms with Crippen molar-refractivity contribution in [1.29, 1.82) is 0 Å². The molecule has 1 N–H and O–H groups in total. The van der Waals surface area contributed by atoms with Crippen molar-refractivity contribution in [2.75, 3.05) is 20.8 Å². The average molecular weight is 208 g/mol. The molecule has 0 spiro atoms. The molecule has 15 heavy (non-hydrogen) atoms. The van der Waals surface area contributed by atoms with Gasteiger partial charge in [-0.05, 0) is 36.1 Å². The maximum atomic E-state index is 9.23. The lowest BCUT2D eigenvalue weighted by Crippen LogP contribution is -2.00. The van der Waals surface area contributed by atoms with Gasteiger partial charge in [-0.3, -0.25) is 0 Å². The zero-order valence-corrected chi connectivity index (χ0v) is 9.12. The fourth-order valence-corrected chi connectivity index (χ4v) is 2.21. The molecule has 0 radical (unpaired) electrons. The van der Waals surface area contributed by atoms with E-state index in [4.69, 9.17) is 9.47 Å². The zero-order valence-electron chi connectivity index (χ0n) is 9.12. The molecular weight excluding hydrogens is 192 g/mol. The standard InChI is InChI=1S/C12H16O3/c1-14-11-5-8-3-4-9(7-13)10(8)6-12(11)15-2/h5-6,9,13H,3-4,7H2,1-2H3. The molecule has 0 bridgehead atoms. The van der Waals surface area contributed by atoms with Crippen LogP contribution in [0.2, 0.25) is 0 Å². The summed E-state index contributed by atoms with van der Waals surface area (Å²) in [6.45, 7) is 0.211. The first kappa shape index (κ1) is 10.3. The number of hydrogen-bond acceptors (Lipinski definition) is 3. The fourth-order valence-electron chi connectivity index (χ4n) is 2.21. The Kier molecular flexibility index (Phi) is 2.82. The van der Waals surface area contributed by atoms with Crippen LogP contribution in [0, 0.1) is 0 Å².